The van der Waals surface area contributed by atoms with Crippen molar-refractivity contribution in [3.63, 3.8) is 0 Å². The number of hydrogen-bond acceptors (Lipinski definition) is 1. The topological polar surface area (TPSA) is 26.0 Å². The monoisotopic (exact) mass is 255 g/mol. The van der Waals surface area contributed by atoms with Crippen LogP contribution in [0.3, 0.4) is 0 Å². The predicted molar refractivity (Wildman–Crippen MR) is 84.3 cm³/mol. The Balaban J connectivity index is 0.000000191. The molecule has 19 heavy (non-hydrogen) atoms. The molecule has 0 amide bonds. The van der Waals surface area contributed by atoms with E-state index in [0.29, 0.717) is 0 Å². The third-order valence-electron chi connectivity index (χ3n) is 2.94. The SMILES string of the molecule is CCCCc1ccccc1.NCCc1ccccc1. The van der Waals surface area contributed by atoms with Gasteiger partial charge in [-0.1, -0.05) is 74.0 Å². The lowest BCUT2D eigenvalue weighted by molar-refractivity contribution is 0.795. The van der Waals surface area contributed by atoms with Crippen LogP contribution in [0.15, 0.2) is 60.7 Å². The number of benzene rings is 2. The fourth-order valence-electron chi connectivity index (χ4n) is 1.84. The molecule has 0 aliphatic heterocycles. The summed E-state index contributed by atoms with van der Waals surface area (Å²) >= 11 is 0. The Morgan fingerprint density at radius 3 is 1.63 bits per heavy atom. The summed E-state index contributed by atoms with van der Waals surface area (Å²) < 4.78 is 0. The summed E-state index contributed by atoms with van der Waals surface area (Å²) in [6.07, 6.45) is 4.82. The molecule has 0 aliphatic carbocycles. The quantitative estimate of drug-likeness (QED) is 0.850. The summed E-state index contributed by atoms with van der Waals surface area (Å²) in [5.41, 5.74) is 8.14. The van der Waals surface area contributed by atoms with Gasteiger partial charge in [0.1, 0.15) is 0 Å². The van der Waals surface area contributed by atoms with Gasteiger partial charge >= 0.3 is 0 Å². The molecule has 0 atom stereocenters. The van der Waals surface area contributed by atoms with Crippen molar-refractivity contribution in [1.82, 2.24) is 0 Å². The van der Waals surface area contributed by atoms with Gasteiger partial charge in [0, 0.05) is 0 Å². The average Bonchev–Trinajstić information content (AvgIpc) is 2.48. The van der Waals surface area contributed by atoms with Gasteiger partial charge in [-0.15, -0.1) is 0 Å². The highest BCUT2D eigenvalue weighted by Crippen LogP contribution is 2.03. The first-order valence-electron chi connectivity index (χ1n) is 7.14. The molecule has 0 fully saturated rings. The molecule has 1 nitrogen and oxygen atoms in total. The Morgan fingerprint density at radius 1 is 0.737 bits per heavy atom. The highest BCUT2D eigenvalue weighted by atomic mass is 14.5. The molecule has 0 bridgehead atoms. The summed E-state index contributed by atoms with van der Waals surface area (Å²) in [5, 5.41) is 0. The highest BCUT2D eigenvalue weighted by molar-refractivity contribution is 5.15. The fraction of sp³-hybridized carbons (Fsp3) is 0.333. The van der Waals surface area contributed by atoms with E-state index in [0.717, 1.165) is 13.0 Å². The molecule has 1 heteroatoms. The van der Waals surface area contributed by atoms with Gasteiger partial charge in [-0.25, -0.2) is 0 Å². The molecule has 2 aromatic rings. The molecule has 0 spiro atoms. The van der Waals surface area contributed by atoms with E-state index in [-0.39, 0.29) is 0 Å². The number of rotatable bonds is 5. The predicted octanol–water partition coefficient (Wildman–Crippen LogP) is 4.22. The molecular formula is C18H25N. The van der Waals surface area contributed by atoms with E-state index < -0.39 is 0 Å². The van der Waals surface area contributed by atoms with Crippen molar-refractivity contribution < 1.29 is 0 Å². The standard InChI is InChI=1S/C10H14.C8H11N/c1-2-3-7-10-8-5-4-6-9-10;9-7-6-8-4-2-1-3-5-8/h4-6,8-9H,2-3,7H2,1H3;1-5H,6-7,9H2. The minimum atomic E-state index is 0.740. The van der Waals surface area contributed by atoms with E-state index in [1.807, 2.05) is 18.2 Å². The van der Waals surface area contributed by atoms with E-state index in [1.165, 1.54) is 30.4 Å². The summed E-state index contributed by atoms with van der Waals surface area (Å²) in [6, 6.07) is 20.9. The van der Waals surface area contributed by atoms with E-state index in [9.17, 15) is 0 Å². The van der Waals surface area contributed by atoms with E-state index in [4.69, 9.17) is 5.73 Å². The number of aryl methyl sites for hydroxylation is 1. The third-order valence-corrected chi connectivity index (χ3v) is 2.94. The molecule has 0 aromatic heterocycles. The molecule has 2 aromatic carbocycles. The van der Waals surface area contributed by atoms with Gasteiger partial charge in [0.25, 0.3) is 0 Å². The maximum absolute atomic E-state index is 5.36. The molecular weight excluding hydrogens is 230 g/mol. The zero-order chi connectivity index (χ0) is 13.8. The lowest BCUT2D eigenvalue weighted by Gasteiger charge is -1.96. The minimum Gasteiger partial charge on any atom is -0.330 e. The van der Waals surface area contributed by atoms with Gasteiger partial charge in [-0.3, -0.25) is 0 Å². The van der Waals surface area contributed by atoms with Crippen molar-refractivity contribution in [2.24, 2.45) is 5.73 Å². The van der Waals surface area contributed by atoms with Crippen LogP contribution in [-0.4, -0.2) is 6.54 Å². The highest BCUT2D eigenvalue weighted by Gasteiger charge is 1.87. The van der Waals surface area contributed by atoms with Gasteiger partial charge in [0.15, 0.2) is 0 Å². The Morgan fingerprint density at radius 2 is 1.21 bits per heavy atom. The zero-order valence-corrected chi connectivity index (χ0v) is 11.9. The van der Waals surface area contributed by atoms with Gasteiger partial charge in [0.2, 0.25) is 0 Å². The third kappa shape index (κ3) is 7.43. The van der Waals surface area contributed by atoms with Crippen LogP contribution in [0.2, 0.25) is 0 Å². The molecule has 0 saturated heterocycles. The minimum absolute atomic E-state index is 0.740. The van der Waals surface area contributed by atoms with E-state index in [2.05, 4.69) is 49.4 Å². The fourth-order valence-corrected chi connectivity index (χ4v) is 1.84. The first-order chi connectivity index (χ1) is 9.36. The van der Waals surface area contributed by atoms with Gasteiger partial charge in [-0.2, -0.15) is 0 Å². The van der Waals surface area contributed by atoms with Crippen molar-refractivity contribution in [3.8, 4) is 0 Å². The van der Waals surface area contributed by atoms with Crippen molar-refractivity contribution >= 4 is 0 Å². The van der Waals surface area contributed by atoms with Crippen LogP contribution in [0.1, 0.15) is 30.9 Å². The van der Waals surface area contributed by atoms with Crippen LogP contribution >= 0.6 is 0 Å². The molecule has 102 valence electrons. The van der Waals surface area contributed by atoms with Crippen molar-refractivity contribution in [2.45, 2.75) is 32.6 Å². The molecule has 0 unspecified atom stereocenters. The number of unbranched alkanes of at least 4 members (excludes halogenated alkanes) is 1. The lowest BCUT2D eigenvalue weighted by Crippen LogP contribution is -2.01. The van der Waals surface area contributed by atoms with Crippen LogP contribution in [0.25, 0.3) is 0 Å². The zero-order valence-electron chi connectivity index (χ0n) is 11.9. The van der Waals surface area contributed by atoms with Crippen molar-refractivity contribution in [3.05, 3.63) is 71.8 Å². The Hall–Kier alpha value is -1.60. The molecule has 0 radical (unpaired) electrons. The molecule has 2 rings (SSSR count). The second-order valence-electron chi connectivity index (χ2n) is 4.61. The molecule has 0 aliphatic rings. The van der Waals surface area contributed by atoms with Gasteiger partial charge < -0.3 is 5.73 Å². The molecule has 0 heterocycles. The van der Waals surface area contributed by atoms with Crippen LogP contribution < -0.4 is 5.73 Å². The number of nitrogens with two attached hydrogens (primary N) is 1. The second kappa shape index (κ2) is 10.3. The smallest absolute Gasteiger partial charge is 0.00367 e. The molecule has 0 saturated carbocycles. The lowest BCUT2D eigenvalue weighted by atomic mass is 10.1. The summed E-state index contributed by atoms with van der Waals surface area (Å²) in [7, 11) is 0. The maximum atomic E-state index is 5.36. The van der Waals surface area contributed by atoms with E-state index >= 15 is 0 Å². The van der Waals surface area contributed by atoms with Crippen LogP contribution in [0.4, 0.5) is 0 Å². The van der Waals surface area contributed by atoms with Gasteiger partial charge in [-0.05, 0) is 36.9 Å². The first kappa shape index (κ1) is 15.5. The van der Waals surface area contributed by atoms with Crippen LogP contribution in [-0.2, 0) is 12.8 Å². The Kier molecular flexibility index (Phi) is 8.41. The van der Waals surface area contributed by atoms with E-state index in [1.54, 1.807) is 0 Å². The average molecular weight is 255 g/mol. The number of hydrogen-bond donors (Lipinski definition) is 1. The van der Waals surface area contributed by atoms with Crippen LogP contribution in [0, 0.1) is 0 Å². The van der Waals surface area contributed by atoms with Gasteiger partial charge in [0.05, 0.1) is 0 Å². The first-order valence-corrected chi connectivity index (χ1v) is 7.14. The normalized spacial score (nSPS) is 9.58. The second-order valence-corrected chi connectivity index (χ2v) is 4.61. The van der Waals surface area contributed by atoms with Crippen molar-refractivity contribution in [1.29, 1.82) is 0 Å². The summed E-state index contributed by atoms with van der Waals surface area (Å²) in [4.78, 5) is 0. The Labute approximate surface area is 117 Å². The summed E-state index contributed by atoms with van der Waals surface area (Å²) in [6.45, 7) is 2.97. The maximum Gasteiger partial charge on any atom is -0.00367 e. The Bertz CT molecular complexity index is 408. The van der Waals surface area contributed by atoms with Crippen molar-refractivity contribution in [2.75, 3.05) is 6.54 Å². The summed E-state index contributed by atoms with van der Waals surface area (Å²) in [5.74, 6) is 0. The molecule has 2 N–H and O–H groups in total. The largest absolute Gasteiger partial charge is 0.330 e. The van der Waals surface area contributed by atoms with Crippen LogP contribution in [0.5, 0.6) is 0 Å².